The molecule has 6 rings (SSSR count). The number of aromatic nitrogens is 1. The number of carbonyl (C=O) groups excluding carboxylic acids is 2. The van der Waals surface area contributed by atoms with Crippen LogP contribution in [0.2, 0.25) is 0 Å². The van der Waals surface area contributed by atoms with Crippen molar-refractivity contribution in [1.29, 1.82) is 0 Å². The number of fused-ring (bicyclic) bond motifs is 1. The van der Waals surface area contributed by atoms with E-state index >= 15 is 0 Å². The summed E-state index contributed by atoms with van der Waals surface area (Å²) in [7, 11) is 0. The van der Waals surface area contributed by atoms with E-state index in [1.807, 2.05) is 54.6 Å². The number of pyridine rings is 1. The van der Waals surface area contributed by atoms with Gasteiger partial charge in [-0.1, -0.05) is 36.4 Å². The first-order valence-corrected chi connectivity index (χ1v) is 11.9. The molecule has 0 aliphatic carbocycles. The Morgan fingerprint density at radius 3 is 2.47 bits per heavy atom. The molecule has 3 aliphatic heterocycles. The van der Waals surface area contributed by atoms with Crippen molar-refractivity contribution in [1.82, 2.24) is 9.88 Å². The molecular weight excluding hydrogens is 460 g/mol. The molecule has 2 aromatic carbocycles. The number of amides is 1. The zero-order valence-electron chi connectivity index (χ0n) is 19.5. The zero-order chi connectivity index (χ0) is 24.5. The summed E-state index contributed by atoms with van der Waals surface area (Å²) in [5, 5.41) is 0. The smallest absolute Gasteiger partial charge is 0.410 e. The van der Waals surface area contributed by atoms with Crippen LogP contribution in [0.3, 0.4) is 0 Å². The third-order valence-corrected chi connectivity index (χ3v) is 6.80. The van der Waals surface area contributed by atoms with Gasteiger partial charge in [-0.05, 0) is 35.4 Å². The third kappa shape index (κ3) is 3.94. The number of ether oxygens (including phenoxy) is 4. The van der Waals surface area contributed by atoms with Gasteiger partial charge in [-0.25, -0.2) is 4.79 Å². The van der Waals surface area contributed by atoms with Gasteiger partial charge in [0.2, 0.25) is 12.6 Å². The molecule has 0 unspecified atom stereocenters. The summed E-state index contributed by atoms with van der Waals surface area (Å²) in [6, 6.07) is 18.7. The van der Waals surface area contributed by atoms with Gasteiger partial charge in [-0.3, -0.25) is 9.78 Å². The van der Waals surface area contributed by atoms with E-state index in [4.69, 9.17) is 18.9 Å². The van der Waals surface area contributed by atoms with E-state index in [2.05, 4.69) is 4.98 Å². The van der Waals surface area contributed by atoms with E-state index in [9.17, 15) is 9.59 Å². The molecule has 4 heterocycles. The lowest BCUT2D eigenvalue weighted by Crippen LogP contribution is -2.50. The lowest BCUT2D eigenvalue weighted by molar-refractivity contribution is -0.131. The molecule has 0 radical (unpaired) electrons. The number of likely N-dealkylation sites (tertiary alicyclic amines) is 1. The Kier molecular flexibility index (Phi) is 5.56. The van der Waals surface area contributed by atoms with Gasteiger partial charge in [0.15, 0.2) is 17.1 Å². The Balaban J connectivity index is 1.22. The molecule has 0 saturated carbocycles. The maximum absolute atomic E-state index is 13.9. The van der Waals surface area contributed by atoms with Gasteiger partial charge in [0.1, 0.15) is 12.4 Å². The Morgan fingerprint density at radius 2 is 1.69 bits per heavy atom. The summed E-state index contributed by atoms with van der Waals surface area (Å²) in [6.45, 7) is 1.08. The Bertz CT molecular complexity index is 1330. The van der Waals surface area contributed by atoms with E-state index in [0.29, 0.717) is 54.3 Å². The second kappa shape index (κ2) is 9.03. The van der Waals surface area contributed by atoms with Crippen LogP contribution in [0.1, 0.15) is 29.5 Å². The van der Waals surface area contributed by atoms with Crippen molar-refractivity contribution in [3.8, 4) is 11.5 Å². The fraction of sp³-hybridized carbons (Fsp3) is 0.250. The van der Waals surface area contributed by atoms with E-state index in [1.54, 1.807) is 23.4 Å². The number of piperidine rings is 1. The highest BCUT2D eigenvalue weighted by Gasteiger charge is 2.52. The first kappa shape index (κ1) is 22.2. The van der Waals surface area contributed by atoms with Crippen molar-refractivity contribution in [2.45, 2.75) is 25.0 Å². The molecule has 1 saturated heterocycles. The summed E-state index contributed by atoms with van der Waals surface area (Å²) in [5.74, 6) is 1.67. The third-order valence-electron chi connectivity index (χ3n) is 6.80. The first-order valence-electron chi connectivity index (χ1n) is 11.9. The van der Waals surface area contributed by atoms with Crippen LogP contribution in [0.25, 0.3) is 11.3 Å². The fourth-order valence-electron chi connectivity index (χ4n) is 4.83. The quantitative estimate of drug-likeness (QED) is 0.541. The molecule has 8 heteroatoms. The molecule has 1 amide bonds. The van der Waals surface area contributed by atoms with Crippen molar-refractivity contribution < 1.29 is 28.5 Å². The molecule has 0 bridgehead atoms. The van der Waals surface area contributed by atoms with Crippen molar-refractivity contribution in [2.24, 2.45) is 0 Å². The number of hydrogen-bond acceptors (Lipinski definition) is 7. The van der Waals surface area contributed by atoms with Gasteiger partial charge >= 0.3 is 6.09 Å². The fourth-order valence-corrected chi connectivity index (χ4v) is 4.83. The molecule has 182 valence electrons. The molecular formula is C28H24N2O6. The molecule has 3 aromatic rings. The van der Waals surface area contributed by atoms with Gasteiger partial charge in [-0.2, -0.15) is 0 Å². The summed E-state index contributed by atoms with van der Waals surface area (Å²) < 4.78 is 22.9. The Labute approximate surface area is 208 Å². The predicted octanol–water partition coefficient (Wildman–Crippen LogP) is 4.45. The van der Waals surface area contributed by atoms with E-state index < -0.39 is 11.7 Å². The number of ketones is 1. The number of Topliss-reactive ketones (excluding diaryl/α,β-unsaturated/α-hetero) is 1. The summed E-state index contributed by atoms with van der Waals surface area (Å²) >= 11 is 0. The normalized spacial score (nSPS) is 17.9. The van der Waals surface area contributed by atoms with Gasteiger partial charge < -0.3 is 23.8 Å². The van der Waals surface area contributed by atoms with Crippen LogP contribution in [0.15, 0.2) is 73.1 Å². The van der Waals surface area contributed by atoms with Crippen LogP contribution in [0.4, 0.5) is 4.79 Å². The highest BCUT2D eigenvalue weighted by atomic mass is 16.7. The average molecular weight is 485 g/mol. The van der Waals surface area contributed by atoms with Crippen LogP contribution >= 0.6 is 0 Å². The monoisotopic (exact) mass is 484 g/mol. The van der Waals surface area contributed by atoms with Crippen LogP contribution in [-0.4, -0.2) is 47.2 Å². The number of hydrogen-bond donors (Lipinski definition) is 0. The van der Waals surface area contributed by atoms with Gasteiger partial charge in [0, 0.05) is 43.9 Å². The minimum atomic E-state index is -1.04. The number of rotatable bonds is 4. The van der Waals surface area contributed by atoms with Crippen LogP contribution in [-0.2, 0) is 20.9 Å². The van der Waals surface area contributed by atoms with Crippen LogP contribution in [0.5, 0.6) is 11.5 Å². The highest BCUT2D eigenvalue weighted by molar-refractivity contribution is 6.33. The van der Waals surface area contributed by atoms with Crippen molar-refractivity contribution in [3.05, 3.63) is 89.7 Å². The molecule has 1 aromatic heterocycles. The van der Waals surface area contributed by atoms with Crippen LogP contribution in [0, 0.1) is 0 Å². The maximum Gasteiger partial charge on any atom is 0.410 e. The summed E-state index contributed by atoms with van der Waals surface area (Å²) in [6.07, 6.45) is 3.69. The molecule has 8 nitrogen and oxygen atoms in total. The zero-order valence-corrected chi connectivity index (χ0v) is 19.5. The molecule has 1 spiro atoms. The van der Waals surface area contributed by atoms with Gasteiger partial charge in [-0.15, -0.1) is 0 Å². The van der Waals surface area contributed by atoms with Crippen molar-refractivity contribution >= 4 is 23.2 Å². The topological polar surface area (TPSA) is 87.2 Å². The number of benzene rings is 2. The second-order valence-electron chi connectivity index (χ2n) is 8.96. The highest BCUT2D eigenvalue weighted by Crippen LogP contribution is 2.47. The lowest BCUT2D eigenvalue weighted by Gasteiger charge is -2.37. The summed E-state index contributed by atoms with van der Waals surface area (Å²) in [5.41, 5.74) is 1.86. The Morgan fingerprint density at radius 1 is 0.944 bits per heavy atom. The molecule has 36 heavy (non-hydrogen) atoms. The minimum Gasteiger partial charge on any atom is -0.478 e. The summed E-state index contributed by atoms with van der Waals surface area (Å²) in [4.78, 5) is 32.4. The molecule has 0 atom stereocenters. The largest absolute Gasteiger partial charge is 0.478 e. The predicted molar refractivity (Wildman–Crippen MR) is 130 cm³/mol. The van der Waals surface area contributed by atoms with E-state index in [-0.39, 0.29) is 19.2 Å². The lowest BCUT2D eigenvalue weighted by atomic mass is 9.83. The average Bonchev–Trinajstić information content (AvgIpc) is 3.51. The van der Waals surface area contributed by atoms with Gasteiger partial charge in [0.05, 0.1) is 5.57 Å². The SMILES string of the molecule is O=C(OCc1ccccc1)N1CCC2(CC1)OC(c1ccncc1)=C(c1ccc3c(c1)OCO3)C2=O. The molecule has 1 fully saturated rings. The van der Waals surface area contributed by atoms with Crippen molar-refractivity contribution in [3.63, 3.8) is 0 Å². The standard InChI is InChI=1S/C28H24N2O6/c31-26-24(21-6-7-22-23(16-21)35-18-34-22)25(20-8-12-29-13-9-20)36-28(26)10-14-30(15-11-28)27(32)33-17-19-4-2-1-3-5-19/h1-9,12-13,16H,10-11,14-15,17-18H2. The minimum absolute atomic E-state index is 0.0921. The Hall–Kier alpha value is -4.33. The number of carbonyl (C=O) groups is 2. The maximum atomic E-state index is 13.9. The van der Waals surface area contributed by atoms with Gasteiger partial charge in [0.25, 0.3) is 0 Å². The molecule has 0 N–H and O–H groups in total. The molecule has 3 aliphatic rings. The first-order chi connectivity index (χ1) is 17.6. The van der Waals surface area contributed by atoms with Crippen molar-refractivity contribution in [2.75, 3.05) is 19.9 Å². The van der Waals surface area contributed by atoms with E-state index in [0.717, 1.165) is 11.1 Å². The van der Waals surface area contributed by atoms with Crippen LogP contribution < -0.4 is 9.47 Å². The second-order valence-corrected chi connectivity index (χ2v) is 8.96. The van der Waals surface area contributed by atoms with E-state index in [1.165, 1.54) is 0 Å². The number of nitrogens with zero attached hydrogens (tertiary/aromatic N) is 2.